The lowest BCUT2D eigenvalue weighted by molar-refractivity contribution is -0.142. The Balaban J connectivity index is 1.88. The number of ether oxygens (including phenoxy) is 1. The van der Waals surface area contributed by atoms with Crippen molar-refractivity contribution in [2.24, 2.45) is 0 Å². The first-order valence-electron chi connectivity index (χ1n) is 11.0. The summed E-state index contributed by atoms with van der Waals surface area (Å²) in [6, 6.07) is 24.7. The number of likely N-dealkylation sites (N-methyl/N-ethyl adjacent to an activating group) is 1. The van der Waals surface area contributed by atoms with Crippen molar-refractivity contribution in [2.75, 3.05) is 13.2 Å². The molecule has 0 unspecified atom stereocenters. The number of nitrogens with one attached hydrogen (secondary N) is 1. The molecule has 0 bridgehead atoms. The number of benzene rings is 3. The minimum Gasteiger partial charge on any atom is -0.484 e. The van der Waals surface area contributed by atoms with Gasteiger partial charge in [-0.25, -0.2) is 0 Å². The van der Waals surface area contributed by atoms with E-state index in [1.807, 2.05) is 92.7 Å². The maximum absolute atomic E-state index is 13.4. The topological polar surface area (TPSA) is 58.6 Å². The third kappa shape index (κ3) is 7.60. The summed E-state index contributed by atoms with van der Waals surface area (Å²) in [6.45, 7) is 4.57. The summed E-state index contributed by atoms with van der Waals surface area (Å²) in [5, 5.41) is 2.90. The van der Waals surface area contributed by atoms with E-state index in [9.17, 15) is 9.59 Å². The minimum absolute atomic E-state index is 0.142. The van der Waals surface area contributed by atoms with Gasteiger partial charge in [-0.15, -0.1) is 0 Å². The molecule has 0 aliphatic carbocycles. The van der Waals surface area contributed by atoms with Crippen LogP contribution < -0.4 is 10.1 Å². The molecule has 0 aliphatic heterocycles. The normalized spacial score (nSPS) is 11.5. The van der Waals surface area contributed by atoms with E-state index in [0.29, 0.717) is 25.3 Å². The number of carbonyl (C=O) groups is 2. The molecule has 0 heterocycles. The van der Waals surface area contributed by atoms with Gasteiger partial charge in [-0.3, -0.25) is 9.59 Å². The second-order valence-corrected chi connectivity index (χ2v) is 9.10. The van der Waals surface area contributed by atoms with Gasteiger partial charge in [-0.05, 0) is 71.8 Å². The summed E-state index contributed by atoms with van der Waals surface area (Å²) in [5.74, 6) is 0.218. The van der Waals surface area contributed by atoms with Crippen LogP contribution in [-0.2, 0) is 22.6 Å². The smallest absolute Gasteiger partial charge is 0.261 e. The van der Waals surface area contributed by atoms with E-state index in [4.69, 9.17) is 4.74 Å². The lowest BCUT2D eigenvalue weighted by Gasteiger charge is -2.31. The molecule has 2 amide bonds. The van der Waals surface area contributed by atoms with Crippen molar-refractivity contribution in [1.82, 2.24) is 10.2 Å². The standard InChI is InChI=1S/C27H29IN2O3/c1-3-29-27(32)25(17-21-9-5-4-6-10-21)30(18-22-11-7-8-20(2)16-22)26(31)19-33-24-14-12-23(28)13-15-24/h4-16,25H,3,17-19H2,1-2H3,(H,29,32)/t25-/m0/s1. The second-order valence-electron chi connectivity index (χ2n) is 7.85. The van der Waals surface area contributed by atoms with Gasteiger partial charge in [-0.1, -0.05) is 60.2 Å². The molecule has 1 N–H and O–H groups in total. The fraction of sp³-hybridized carbons (Fsp3) is 0.259. The van der Waals surface area contributed by atoms with Gasteiger partial charge in [0.15, 0.2) is 6.61 Å². The number of hydrogen-bond donors (Lipinski definition) is 1. The van der Waals surface area contributed by atoms with Crippen molar-refractivity contribution < 1.29 is 14.3 Å². The van der Waals surface area contributed by atoms with Gasteiger partial charge in [0.05, 0.1) is 0 Å². The maximum Gasteiger partial charge on any atom is 0.261 e. The third-order valence-electron chi connectivity index (χ3n) is 5.23. The molecular weight excluding hydrogens is 527 g/mol. The Morgan fingerprint density at radius 1 is 0.970 bits per heavy atom. The van der Waals surface area contributed by atoms with Crippen molar-refractivity contribution in [3.8, 4) is 5.75 Å². The highest BCUT2D eigenvalue weighted by molar-refractivity contribution is 14.1. The van der Waals surface area contributed by atoms with Gasteiger partial charge in [0.2, 0.25) is 5.91 Å². The second kappa shape index (κ2) is 12.4. The molecule has 0 radical (unpaired) electrons. The maximum atomic E-state index is 13.4. The van der Waals surface area contributed by atoms with Crippen LogP contribution >= 0.6 is 22.6 Å². The number of rotatable bonds is 10. The van der Waals surface area contributed by atoms with E-state index in [-0.39, 0.29) is 18.4 Å². The van der Waals surface area contributed by atoms with Crippen LogP contribution in [0.2, 0.25) is 0 Å². The Bertz CT molecular complexity index is 1050. The highest BCUT2D eigenvalue weighted by Gasteiger charge is 2.30. The van der Waals surface area contributed by atoms with Crippen molar-refractivity contribution in [1.29, 1.82) is 0 Å². The molecule has 0 spiro atoms. The number of carbonyl (C=O) groups excluding carboxylic acids is 2. The predicted molar refractivity (Wildman–Crippen MR) is 139 cm³/mol. The van der Waals surface area contributed by atoms with Crippen molar-refractivity contribution >= 4 is 34.4 Å². The summed E-state index contributed by atoms with van der Waals surface area (Å²) in [7, 11) is 0. The first-order chi connectivity index (χ1) is 16.0. The SMILES string of the molecule is CCNC(=O)[C@H](Cc1ccccc1)N(Cc1cccc(C)c1)C(=O)COc1ccc(I)cc1. The summed E-state index contributed by atoms with van der Waals surface area (Å²) in [4.78, 5) is 28.2. The van der Waals surface area contributed by atoms with Crippen LogP contribution in [0.5, 0.6) is 5.75 Å². The Labute approximate surface area is 209 Å². The van der Waals surface area contributed by atoms with Gasteiger partial charge >= 0.3 is 0 Å². The number of halogens is 1. The number of nitrogens with zero attached hydrogens (tertiary/aromatic N) is 1. The van der Waals surface area contributed by atoms with Crippen molar-refractivity contribution in [2.45, 2.75) is 32.9 Å². The lowest BCUT2D eigenvalue weighted by atomic mass is 10.0. The Hall–Kier alpha value is -2.87. The molecule has 0 saturated heterocycles. The zero-order valence-electron chi connectivity index (χ0n) is 19.0. The fourth-order valence-electron chi connectivity index (χ4n) is 3.61. The zero-order chi connectivity index (χ0) is 23.6. The number of aryl methyl sites for hydroxylation is 1. The van der Waals surface area contributed by atoms with Crippen LogP contribution in [0.25, 0.3) is 0 Å². The van der Waals surface area contributed by atoms with Gasteiger partial charge in [0, 0.05) is 23.1 Å². The van der Waals surface area contributed by atoms with E-state index in [2.05, 4.69) is 27.9 Å². The molecule has 3 aromatic carbocycles. The summed E-state index contributed by atoms with van der Waals surface area (Å²) in [5.41, 5.74) is 3.07. The van der Waals surface area contributed by atoms with Crippen molar-refractivity contribution in [3.05, 3.63) is 99.1 Å². The van der Waals surface area contributed by atoms with Crippen LogP contribution in [-0.4, -0.2) is 35.9 Å². The molecule has 3 aromatic rings. The average Bonchev–Trinajstić information content (AvgIpc) is 2.81. The Morgan fingerprint density at radius 3 is 2.33 bits per heavy atom. The third-order valence-corrected chi connectivity index (χ3v) is 5.95. The van der Waals surface area contributed by atoms with Gasteiger partial charge in [0.1, 0.15) is 11.8 Å². The van der Waals surface area contributed by atoms with E-state index in [1.165, 1.54) is 0 Å². The molecular formula is C27H29IN2O3. The van der Waals surface area contributed by atoms with E-state index < -0.39 is 6.04 Å². The quantitative estimate of drug-likeness (QED) is 0.367. The van der Waals surface area contributed by atoms with Crippen molar-refractivity contribution in [3.63, 3.8) is 0 Å². The largest absolute Gasteiger partial charge is 0.484 e. The van der Waals surface area contributed by atoms with E-state index >= 15 is 0 Å². The molecule has 0 saturated carbocycles. The Kier molecular flexibility index (Phi) is 9.30. The molecule has 3 rings (SSSR count). The fourth-order valence-corrected chi connectivity index (χ4v) is 3.97. The molecule has 172 valence electrons. The summed E-state index contributed by atoms with van der Waals surface area (Å²) in [6.07, 6.45) is 0.424. The zero-order valence-corrected chi connectivity index (χ0v) is 21.1. The van der Waals surface area contributed by atoms with Gasteiger partial charge in [0.25, 0.3) is 5.91 Å². The molecule has 6 heteroatoms. The molecule has 0 aromatic heterocycles. The molecule has 1 atom stereocenters. The van der Waals surface area contributed by atoms with Crippen LogP contribution in [0, 0.1) is 10.5 Å². The molecule has 5 nitrogen and oxygen atoms in total. The van der Waals surface area contributed by atoms with Gasteiger partial charge < -0.3 is 15.0 Å². The number of amides is 2. The minimum atomic E-state index is -0.652. The monoisotopic (exact) mass is 556 g/mol. The first kappa shape index (κ1) is 24.8. The highest BCUT2D eigenvalue weighted by atomic mass is 127. The van der Waals surface area contributed by atoms with Gasteiger partial charge in [-0.2, -0.15) is 0 Å². The van der Waals surface area contributed by atoms with Crippen LogP contribution in [0.1, 0.15) is 23.6 Å². The predicted octanol–water partition coefficient (Wildman–Crippen LogP) is 4.75. The summed E-state index contributed by atoms with van der Waals surface area (Å²) < 4.78 is 6.87. The Morgan fingerprint density at radius 2 is 1.67 bits per heavy atom. The molecule has 0 fully saturated rings. The van der Waals surface area contributed by atoms with E-state index in [0.717, 1.165) is 20.3 Å². The van der Waals surface area contributed by atoms with Crippen LogP contribution in [0.15, 0.2) is 78.9 Å². The first-order valence-corrected chi connectivity index (χ1v) is 12.1. The summed E-state index contributed by atoms with van der Waals surface area (Å²) >= 11 is 2.22. The lowest BCUT2D eigenvalue weighted by Crippen LogP contribution is -2.51. The number of hydrogen-bond acceptors (Lipinski definition) is 3. The highest BCUT2D eigenvalue weighted by Crippen LogP contribution is 2.17. The van der Waals surface area contributed by atoms with Crippen LogP contribution in [0.3, 0.4) is 0 Å². The van der Waals surface area contributed by atoms with Crippen LogP contribution in [0.4, 0.5) is 0 Å². The van der Waals surface area contributed by atoms with E-state index in [1.54, 1.807) is 4.90 Å². The molecule has 33 heavy (non-hydrogen) atoms. The average molecular weight is 556 g/mol. The molecule has 0 aliphatic rings.